The highest BCUT2D eigenvalue weighted by molar-refractivity contribution is 5.85. The Morgan fingerprint density at radius 1 is 0.750 bits per heavy atom. The van der Waals surface area contributed by atoms with Crippen molar-refractivity contribution >= 4 is 10.8 Å². The topological polar surface area (TPSA) is 0 Å². The SMILES string of the molecule is CCCCCCCc1ccc2c(F)c(C#Cc3ccc(C4CCC(CCCC)CC4)cc3)ccc2c1. The van der Waals surface area contributed by atoms with E-state index >= 15 is 4.39 Å². The van der Waals surface area contributed by atoms with Gasteiger partial charge in [0.15, 0.2) is 0 Å². The van der Waals surface area contributed by atoms with Gasteiger partial charge in [-0.25, -0.2) is 4.39 Å². The summed E-state index contributed by atoms with van der Waals surface area (Å²) in [6.07, 6.45) is 16.9. The summed E-state index contributed by atoms with van der Waals surface area (Å²) >= 11 is 0. The summed E-state index contributed by atoms with van der Waals surface area (Å²) in [6, 6.07) is 18.7. The van der Waals surface area contributed by atoms with Gasteiger partial charge in [-0.15, -0.1) is 0 Å². The van der Waals surface area contributed by atoms with Gasteiger partial charge in [-0.1, -0.05) is 107 Å². The van der Waals surface area contributed by atoms with Crippen molar-refractivity contribution < 1.29 is 4.39 Å². The van der Waals surface area contributed by atoms with Crippen LogP contribution in [0.4, 0.5) is 4.39 Å². The van der Waals surface area contributed by atoms with Crippen LogP contribution in [-0.2, 0) is 6.42 Å². The highest BCUT2D eigenvalue weighted by Crippen LogP contribution is 2.37. The van der Waals surface area contributed by atoms with E-state index in [1.807, 2.05) is 18.2 Å². The minimum absolute atomic E-state index is 0.203. The maximum atomic E-state index is 15.2. The van der Waals surface area contributed by atoms with Crippen molar-refractivity contribution in [2.24, 2.45) is 5.92 Å². The third-order valence-electron chi connectivity index (χ3n) is 8.12. The lowest BCUT2D eigenvalue weighted by molar-refractivity contribution is 0.304. The van der Waals surface area contributed by atoms with Crippen LogP contribution in [0.2, 0.25) is 0 Å². The monoisotopic (exact) mass is 482 g/mol. The van der Waals surface area contributed by atoms with Gasteiger partial charge in [0, 0.05) is 10.9 Å². The second kappa shape index (κ2) is 13.6. The molecular weight excluding hydrogens is 439 g/mol. The molecule has 1 saturated carbocycles. The van der Waals surface area contributed by atoms with Gasteiger partial charge in [0.2, 0.25) is 0 Å². The molecule has 0 nitrogen and oxygen atoms in total. The van der Waals surface area contributed by atoms with E-state index in [2.05, 4.69) is 62.1 Å². The molecule has 0 aliphatic heterocycles. The molecule has 1 aliphatic rings. The highest BCUT2D eigenvalue weighted by atomic mass is 19.1. The van der Waals surface area contributed by atoms with Crippen LogP contribution in [0.3, 0.4) is 0 Å². The first-order valence-electron chi connectivity index (χ1n) is 14.5. The summed E-state index contributed by atoms with van der Waals surface area (Å²) in [4.78, 5) is 0. The van der Waals surface area contributed by atoms with E-state index in [4.69, 9.17) is 0 Å². The van der Waals surface area contributed by atoms with E-state index in [1.165, 1.54) is 88.2 Å². The first kappa shape index (κ1) is 26.5. The van der Waals surface area contributed by atoms with Crippen molar-refractivity contribution in [3.63, 3.8) is 0 Å². The number of unbranched alkanes of at least 4 members (excludes halogenated alkanes) is 5. The van der Waals surface area contributed by atoms with Crippen LogP contribution in [0.1, 0.15) is 119 Å². The minimum Gasteiger partial charge on any atom is -0.205 e. The molecule has 0 bridgehead atoms. The van der Waals surface area contributed by atoms with Crippen molar-refractivity contribution in [2.45, 2.75) is 103 Å². The molecule has 0 N–H and O–H groups in total. The zero-order valence-corrected chi connectivity index (χ0v) is 22.4. The van der Waals surface area contributed by atoms with Gasteiger partial charge in [0.25, 0.3) is 0 Å². The Bertz CT molecular complexity index is 1150. The molecule has 0 atom stereocenters. The van der Waals surface area contributed by atoms with Gasteiger partial charge >= 0.3 is 0 Å². The fourth-order valence-electron chi connectivity index (χ4n) is 5.78. The van der Waals surface area contributed by atoms with Gasteiger partial charge in [-0.05, 0) is 85.1 Å². The average Bonchev–Trinajstić information content (AvgIpc) is 2.92. The highest BCUT2D eigenvalue weighted by Gasteiger charge is 2.21. The zero-order valence-electron chi connectivity index (χ0n) is 22.4. The van der Waals surface area contributed by atoms with Crippen molar-refractivity contribution in [1.82, 2.24) is 0 Å². The summed E-state index contributed by atoms with van der Waals surface area (Å²) in [7, 11) is 0. The molecule has 4 rings (SSSR count). The summed E-state index contributed by atoms with van der Waals surface area (Å²) in [5, 5.41) is 1.64. The van der Waals surface area contributed by atoms with Gasteiger partial charge in [-0.2, -0.15) is 0 Å². The molecule has 3 aromatic carbocycles. The number of aryl methyl sites for hydroxylation is 1. The number of hydrogen-bond donors (Lipinski definition) is 0. The van der Waals surface area contributed by atoms with Crippen LogP contribution in [-0.4, -0.2) is 0 Å². The molecule has 0 saturated heterocycles. The molecule has 0 heterocycles. The molecule has 0 unspecified atom stereocenters. The summed E-state index contributed by atoms with van der Waals surface area (Å²) in [6.45, 7) is 4.53. The molecule has 1 fully saturated rings. The van der Waals surface area contributed by atoms with Crippen LogP contribution in [0.5, 0.6) is 0 Å². The predicted octanol–water partition coefficient (Wildman–Crippen LogP) is 10.4. The minimum atomic E-state index is -0.203. The fourth-order valence-corrected chi connectivity index (χ4v) is 5.78. The fraction of sp³-hybridized carbons (Fsp3) is 0.486. The Kier molecular flexibility index (Phi) is 10.0. The zero-order chi connectivity index (χ0) is 25.2. The quantitative estimate of drug-likeness (QED) is 0.199. The Labute approximate surface area is 218 Å². The van der Waals surface area contributed by atoms with E-state index in [-0.39, 0.29) is 5.82 Å². The lowest BCUT2D eigenvalue weighted by Gasteiger charge is -2.28. The van der Waals surface area contributed by atoms with E-state index in [0.717, 1.165) is 23.3 Å². The van der Waals surface area contributed by atoms with Crippen LogP contribution in [0.25, 0.3) is 10.8 Å². The Balaban J connectivity index is 1.37. The maximum Gasteiger partial charge on any atom is 0.146 e. The van der Waals surface area contributed by atoms with E-state index in [9.17, 15) is 0 Å². The Morgan fingerprint density at radius 2 is 1.50 bits per heavy atom. The summed E-state index contributed by atoms with van der Waals surface area (Å²) in [5.41, 5.74) is 4.16. The number of benzene rings is 3. The molecule has 1 heteroatoms. The first-order valence-corrected chi connectivity index (χ1v) is 14.5. The number of hydrogen-bond acceptors (Lipinski definition) is 0. The van der Waals surface area contributed by atoms with Crippen LogP contribution < -0.4 is 0 Å². The van der Waals surface area contributed by atoms with Crippen LogP contribution in [0, 0.1) is 23.6 Å². The molecule has 0 radical (unpaired) electrons. The number of fused-ring (bicyclic) bond motifs is 1. The Hall–Kier alpha value is -2.59. The van der Waals surface area contributed by atoms with Crippen LogP contribution in [0.15, 0.2) is 54.6 Å². The summed E-state index contributed by atoms with van der Waals surface area (Å²) in [5.74, 6) is 7.70. The standard InChI is InChI=1S/C35H43F/c1-3-5-7-8-9-11-29-17-25-34-33(26-29)24-23-32(35(34)36)22-16-28-14-20-31(21-15-28)30-18-12-27(13-19-30)10-6-4-2/h14-15,17,20-21,23-27,30H,3-13,18-19H2,1-2H3. The smallest absolute Gasteiger partial charge is 0.146 e. The molecule has 1 aliphatic carbocycles. The Morgan fingerprint density at radius 3 is 2.25 bits per heavy atom. The van der Waals surface area contributed by atoms with E-state index < -0.39 is 0 Å². The second-order valence-electron chi connectivity index (χ2n) is 10.9. The number of halogens is 1. The molecule has 3 aromatic rings. The van der Waals surface area contributed by atoms with Gasteiger partial charge < -0.3 is 0 Å². The molecule has 0 aromatic heterocycles. The van der Waals surface area contributed by atoms with Gasteiger partial charge in [-0.3, -0.25) is 0 Å². The molecule has 0 amide bonds. The van der Waals surface area contributed by atoms with Crippen molar-refractivity contribution in [3.05, 3.63) is 82.7 Å². The molecule has 36 heavy (non-hydrogen) atoms. The lowest BCUT2D eigenvalue weighted by atomic mass is 9.77. The summed E-state index contributed by atoms with van der Waals surface area (Å²) < 4.78 is 15.2. The third kappa shape index (κ3) is 7.22. The van der Waals surface area contributed by atoms with Crippen molar-refractivity contribution in [2.75, 3.05) is 0 Å². The second-order valence-corrected chi connectivity index (χ2v) is 10.9. The van der Waals surface area contributed by atoms with Crippen LogP contribution >= 0.6 is 0 Å². The first-order chi connectivity index (χ1) is 17.7. The third-order valence-corrected chi connectivity index (χ3v) is 8.12. The molecule has 190 valence electrons. The van der Waals surface area contributed by atoms with Crippen molar-refractivity contribution in [3.8, 4) is 11.8 Å². The normalized spacial score (nSPS) is 17.6. The maximum absolute atomic E-state index is 15.2. The predicted molar refractivity (Wildman–Crippen MR) is 153 cm³/mol. The molecule has 0 spiro atoms. The van der Waals surface area contributed by atoms with Gasteiger partial charge in [0.1, 0.15) is 5.82 Å². The van der Waals surface area contributed by atoms with Crippen molar-refractivity contribution in [1.29, 1.82) is 0 Å². The average molecular weight is 483 g/mol. The molecular formula is C35H43F. The van der Waals surface area contributed by atoms with E-state index in [0.29, 0.717) is 16.9 Å². The van der Waals surface area contributed by atoms with E-state index in [1.54, 1.807) is 0 Å². The number of rotatable bonds is 10. The largest absolute Gasteiger partial charge is 0.205 e. The van der Waals surface area contributed by atoms with Gasteiger partial charge in [0.05, 0.1) is 5.56 Å². The lowest BCUT2D eigenvalue weighted by Crippen LogP contribution is -2.13.